The van der Waals surface area contributed by atoms with Crippen LogP contribution in [0, 0.1) is 5.92 Å². The van der Waals surface area contributed by atoms with Crippen LogP contribution < -0.4 is 11.3 Å². The van der Waals surface area contributed by atoms with Crippen LogP contribution in [-0.4, -0.2) is 15.8 Å². The molecule has 21 heavy (non-hydrogen) atoms. The number of nitrogens with two attached hydrogens (primary N) is 1. The first-order valence-corrected chi connectivity index (χ1v) is 7.77. The van der Waals surface area contributed by atoms with E-state index < -0.39 is 0 Å². The fourth-order valence-electron chi connectivity index (χ4n) is 3.47. The summed E-state index contributed by atoms with van der Waals surface area (Å²) in [6.45, 7) is 0. The summed E-state index contributed by atoms with van der Waals surface area (Å²) in [6.07, 6.45) is 7.46. The molecule has 3 rings (SSSR count). The van der Waals surface area contributed by atoms with Crippen molar-refractivity contribution < 1.29 is 0 Å². The number of nitrogens with one attached hydrogen (secondary N) is 1. The Morgan fingerprint density at radius 1 is 1.33 bits per heavy atom. The molecular formula is C17H24N4. The standard InChI is InChI=1S/C17H24N4/c1-21-16(10-11-19-21)8-9-17(20-18)15-7-6-13-4-2-3-5-14(13)12-15/h2-5,10-11,15,17,20H,6-9,12,18H2,1H3. The van der Waals surface area contributed by atoms with E-state index in [2.05, 4.69) is 40.9 Å². The number of hydrogen-bond donors (Lipinski definition) is 2. The van der Waals surface area contributed by atoms with Gasteiger partial charge in [0.1, 0.15) is 0 Å². The second-order valence-corrected chi connectivity index (χ2v) is 6.03. The maximum absolute atomic E-state index is 5.83. The van der Waals surface area contributed by atoms with Crippen molar-refractivity contribution in [2.24, 2.45) is 18.8 Å². The van der Waals surface area contributed by atoms with Gasteiger partial charge in [-0.3, -0.25) is 16.0 Å². The third kappa shape index (κ3) is 3.17. The zero-order valence-corrected chi connectivity index (χ0v) is 12.6. The zero-order valence-electron chi connectivity index (χ0n) is 12.6. The highest BCUT2D eigenvalue weighted by Crippen LogP contribution is 2.28. The number of aromatic nitrogens is 2. The van der Waals surface area contributed by atoms with E-state index in [0.29, 0.717) is 12.0 Å². The van der Waals surface area contributed by atoms with E-state index in [1.54, 1.807) is 0 Å². The highest BCUT2D eigenvalue weighted by Gasteiger charge is 2.25. The lowest BCUT2D eigenvalue weighted by atomic mass is 9.79. The molecule has 1 aliphatic rings. The molecule has 112 valence electrons. The fraction of sp³-hybridized carbons (Fsp3) is 0.471. The number of hydrogen-bond acceptors (Lipinski definition) is 3. The Labute approximate surface area is 126 Å². The van der Waals surface area contributed by atoms with Crippen LogP contribution in [0.2, 0.25) is 0 Å². The predicted molar refractivity (Wildman–Crippen MR) is 84.6 cm³/mol. The Balaban J connectivity index is 1.63. The Hall–Kier alpha value is -1.65. The number of benzene rings is 1. The van der Waals surface area contributed by atoms with Crippen LogP contribution in [0.25, 0.3) is 0 Å². The van der Waals surface area contributed by atoms with Gasteiger partial charge in [-0.15, -0.1) is 0 Å². The molecular weight excluding hydrogens is 260 g/mol. The quantitative estimate of drug-likeness (QED) is 0.652. The third-order valence-corrected chi connectivity index (χ3v) is 4.80. The van der Waals surface area contributed by atoms with Crippen molar-refractivity contribution in [3.05, 3.63) is 53.3 Å². The largest absolute Gasteiger partial charge is 0.273 e. The van der Waals surface area contributed by atoms with Gasteiger partial charge in [-0.25, -0.2) is 0 Å². The van der Waals surface area contributed by atoms with Crippen molar-refractivity contribution in [2.45, 2.75) is 38.1 Å². The molecule has 2 aromatic rings. The summed E-state index contributed by atoms with van der Waals surface area (Å²) in [7, 11) is 2.00. The molecule has 0 amide bonds. The Morgan fingerprint density at radius 3 is 2.86 bits per heavy atom. The molecule has 4 heteroatoms. The van der Waals surface area contributed by atoms with Crippen LogP contribution in [0.15, 0.2) is 36.5 Å². The summed E-state index contributed by atoms with van der Waals surface area (Å²) < 4.78 is 1.95. The molecule has 1 aliphatic carbocycles. The van der Waals surface area contributed by atoms with Crippen LogP contribution in [0.1, 0.15) is 29.7 Å². The Bertz CT molecular complexity index is 590. The van der Waals surface area contributed by atoms with Gasteiger partial charge in [0.15, 0.2) is 0 Å². The van der Waals surface area contributed by atoms with E-state index in [0.717, 1.165) is 19.3 Å². The maximum atomic E-state index is 5.83. The van der Waals surface area contributed by atoms with Crippen LogP contribution in [0.3, 0.4) is 0 Å². The second kappa shape index (κ2) is 6.41. The third-order valence-electron chi connectivity index (χ3n) is 4.80. The molecule has 0 spiro atoms. The average molecular weight is 284 g/mol. The normalized spacial score (nSPS) is 19.2. The number of hydrazine groups is 1. The van der Waals surface area contributed by atoms with Gasteiger partial charge in [-0.05, 0) is 55.2 Å². The van der Waals surface area contributed by atoms with E-state index in [-0.39, 0.29) is 0 Å². The van der Waals surface area contributed by atoms with Crippen molar-refractivity contribution in [2.75, 3.05) is 0 Å². The van der Waals surface area contributed by atoms with Gasteiger partial charge in [0, 0.05) is 25.0 Å². The predicted octanol–water partition coefficient (Wildman–Crippen LogP) is 1.99. The second-order valence-electron chi connectivity index (χ2n) is 6.03. The Morgan fingerprint density at radius 2 is 2.14 bits per heavy atom. The molecule has 0 fully saturated rings. The first-order chi connectivity index (χ1) is 10.3. The summed E-state index contributed by atoms with van der Waals surface area (Å²) in [5.41, 5.74) is 7.33. The minimum Gasteiger partial charge on any atom is -0.273 e. The molecule has 4 nitrogen and oxygen atoms in total. The summed E-state index contributed by atoms with van der Waals surface area (Å²) >= 11 is 0. The molecule has 0 saturated heterocycles. The smallest absolute Gasteiger partial charge is 0.0492 e. The van der Waals surface area contributed by atoms with E-state index >= 15 is 0 Å². The fourth-order valence-corrected chi connectivity index (χ4v) is 3.47. The summed E-state index contributed by atoms with van der Waals surface area (Å²) in [5, 5.41) is 4.23. The van der Waals surface area contributed by atoms with Crippen LogP contribution in [-0.2, 0) is 26.3 Å². The Kier molecular flexibility index (Phi) is 4.36. The van der Waals surface area contributed by atoms with Crippen molar-refractivity contribution in [3.63, 3.8) is 0 Å². The topological polar surface area (TPSA) is 55.9 Å². The first kappa shape index (κ1) is 14.3. The molecule has 3 N–H and O–H groups in total. The number of nitrogens with zero attached hydrogens (tertiary/aromatic N) is 2. The first-order valence-electron chi connectivity index (χ1n) is 7.77. The number of aryl methyl sites for hydroxylation is 3. The maximum Gasteiger partial charge on any atom is 0.0492 e. The minimum absolute atomic E-state index is 0.369. The lowest BCUT2D eigenvalue weighted by Gasteiger charge is -2.31. The number of rotatable bonds is 5. The van der Waals surface area contributed by atoms with E-state index in [4.69, 9.17) is 5.84 Å². The molecule has 1 heterocycles. The molecule has 0 saturated carbocycles. The average Bonchev–Trinajstić information content (AvgIpc) is 2.93. The molecule has 2 unspecified atom stereocenters. The highest BCUT2D eigenvalue weighted by molar-refractivity contribution is 5.30. The van der Waals surface area contributed by atoms with Crippen molar-refractivity contribution in [1.82, 2.24) is 15.2 Å². The highest BCUT2D eigenvalue weighted by atomic mass is 15.3. The van der Waals surface area contributed by atoms with Crippen molar-refractivity contribution >= 4 is 0 Å². The zero-order chi connectivity index (χ0) is 14.7. The van der Waals surface area contributed by atoms with Gasteiger partial charge in [-0.1, -0.05) is 24.3 Å². The van der Waals surface area contributed by atoms with Crippen molar-refractivity contribution in [3.8, 4) is 0 Å². The summed E-state index contributed by atoms with van der Waals surface area (Å²) in [5.74, 6) is 6.45. The summed E-state index contributed by atoms with van der Waals surface area (Å²) in [6, 6.07) is 11.3. The lowest BCUT2D eigenvalue weighted by Crippen LogP contribution is -2.43. The monoisotopic (exact) mass is 284 g/mol. The van der Waals surface area contributed by atoms with Gasteiger partial charge in [0.05, 0.1) is 0 Å². The molecule has 0 radical (unpaired) electrons. The molecule has 1 aromatic heterocycles. The lowest BCUT2D eigenvalue weighted by molar-refractivity contribution is 0.306. The summed E-state index contributed by atoms with van der Waals surface area (Å²) in [4.78, 5) is 0. The SMILES string of the molecule is Cn1nccc1CCC(NN)C1CCc2ccccc2C1. The van der Waals surface area contributed by atoms with Gasteiger partial charge in [0.25, 0.3) is 0 Å². The van der Waals surface area contributed by atoms with E-state index in [9.17, 15) is 0 Å². The van der Waals surface area contributed by atoms with E-state index in [1.165, 1.54) is 29.7 Å². The van der Waals surface area contributed by atoms with Crippen molar-refractivity contribution in [1.29, 1.82) is 0 Å². The van der Waals surface area contributed by atoms with Crippen LogP contribution in [0.4, 0.5) is 0 Å². The van der Waals surface area contributed by atoms with Crippen LogP contribution >= 0.6 is 0 Å². The molecule has 0 aliphatic heterocycles. The molecule has 1 aromatic carbocycles. The van der Waals surface area contributed by atoms with Gasteiger partial charge in [-0.2, -0.15) is 5.10 Å². The number of fused-ring (bicyclic) bond motifs is 1. The molecule has 2 atom stereocenters. The molecule has 0 bridgehead atoms. The van der Waals surface area contributed by atoms with Gasteiger partial charge < -0.3 is 0 Å². The van der Waals surface area contributed by atoms with Crippen LogP contribution in [0.5, 0.6) is 0 Å². The minimum atomic E-state index is 0.369. The van der Waals surface area contributed by atoms with Gasteiger partial charge >= 0.3 is 0 Å². The van der Waals surface area contributed by atoms with Gasteiger partial charge in [0.2, 0.25) is 0 Å². The van der Waals surface area contributed by atoms with E-state index in [1.807, 2.05) is 17.9 Å².